The van der Waals surface area contributed by atoms with Crippen LogP contribution in [0.15, 0.2) is 42.5 Å². The lowest BCUT2D eigenvalue weighted by Gasteiger charge is -2.19. The second kappa shape index (κ2) is 8.00. The zero-order chi connectivity index (χ0) is 14.2. The van der Waals surface area contributed by atoms with Crippen LogP contribution in [0.1, 0.15) is 18.5 Å². The van der Waals surface area contributed by atoms with Crippen molar-refractivity contribution in [3.8, 4) is 0 Å². The van der Waals surface area contributed by atoms with Crippen molar-refractivity contribution in [3.05, 3.63) is 48.0 Å². The summed E-state index contributed by atoms with van der Waals surface area (Å²) >= 11 is 0. The number of rotatable bonds is 8. The Balaban J connectivity index is 2.05. The first-order valence-corrected chi connectivity index (χ1v) is 7.17. The van der Waals surface area contributed by atoms with E-state index in [-0.39, 0.29) is 6.04 Å². The number of likely N-dealkylation sites (N-methyl/N-ethyl adjacent to an activating group) is 1. The van der Waals surface area contributed by atoms with Gasteiger partial charge in [-0.25, -0.2) is 0 Å². The average Bonchev–Trinajstić information content (AvgIpc) is 2.51. The van der Waals surface area contributed by atoms with Crippen LogP contribution in [0.3, 0.4) is 0 Å². The molecule has 1 atom stereocenters. The quantitative estimate of drug-likeness (QED) is 0.749. The molecule has 0 saturated heterocycles. The molecule has 0 aromatic heterocycles. The van der Waals surface area contributed by atoms with Crippen molar-refractivity contribution < 1.29 is 9.47 Å². The van der Waals surface area contributed by atoms with Crippen LogP contribution in [0.4, 0.5) is 0 Å². The summed E-state index contributed by atoms with van der Waals surface area (Å²) in [4.78, 5) is 0. The van der Waals surface area contributed by atoms with Crippen LogP contribution >= 0.6 is 0 Å². The Morgan fingerprint density at radius 3 is 2.55 bits per heavy atom. The van der Waals surface area contributed by atoms with Crippen LogP contribution in [0.2, 0.25) is 0 Å². The minimum absolute atomic E-state index is 0.197. The Morgan fingerprint density at radius 2 is 1.75 bits per heavy atom. The van der Waals surface area contributed by atoms with Crippen molar-refractivity contribution in [2.24, 2.45) is 0 Å². The molecule has 0 amide bonds. The summed E-state index contributed by atoms with van der Waals surface area (Å²) in [6.07, 6.45) is 0. The molecule has 0 fully saturated rings. The molecule has 20 heavy (non-hydrogen) atoms. The van der Waals surface area contributed by atoms with Crippen molar-refractivity contribution in [1.29, 1.82) is 0 Å². The summed E-state index contributed by atoms with van der Waals surface area (Å²) in [6.45, 7) is 4.67. The van der Waals surface area contributed by atoms with Crippen molar-refractivity contribution >= 4 is 10.8 Å². The molecule has 0 spiro atoms. The van der Waals surface area contributed by atoms with E-state index in [1.54, 1.807) is 0 Å². The van der Waals surface area contributed by atoms with Gasteiger partial charge >= 0.3 is 0 Å². The maximum Gasteiger partial charge on any atom is 0.0701 e. The Morgan fingerprint density at radius 1 is 1.00 bits per heavy atom. The largest absolute Gasteiger partial charge is 0.379 e. The van der Waals surface area contributed by atoms with Gasteiger partial charge in [-0.1, -0.05) is 42.5 Å². The Labute approximate surface area is 120 Å². The monoisotopic (exact) mass is 273 g/mol. The number of nitrogens with one attached hydrogen (secondary N) is 1. The molecular formula is C17H23NO2. The van der Waals surface area contributed by atoms with E-state index < -0.39 is 0 Å². The lowest BCUT2D eigenvalue weighted by molar-refractivity contribution is 0.0443. The zero-order valence-electron chi connectivity index (χ0n) is 12.3. The van der Waals surface area contributed by atoms with Gasteiger partial charge < -0.3 is 14.8 Å². The molecule has 0 aliphatic rings. The van der Waals surface area contributed by atoms with Gasteiger partial charge in [0, 0.05) is 6.61 Å². The van der Waals surface area contributed by atoms with Crippen LogP contribution in [0.25, 0.3) is 10.8 Å². The Hall–Kier alpha value is -1.42. The van der Waals surface area contributed by atoms with Crippen molar-refractivity contribution in [2.75, 3.05) is 33.5 Å². The SMILES string of the molecule is CCOCCOCC(NC)c1cccc2ccccc12. The first kappa shape index (κ1) is 15.0. The lowest BCUT2D eigenvalue weighted by atomic mass is 9.99. The fraction of sp³-hybridized carbons (Fsp3) is 0.412. The van der Waals surface area contributed by atoms with Crippen molar-refractivity contribution in [1.82, 2.24) is 5.32 Å². The number of benzene rings is 2. The van der Waals surface area contributed by atoms with E-state index in [4.69, 9.17) is 9.47 Å². The lowest BCUT2D eigenvalue weighted by Crippen LogP contribution is -2.23. The number of hydrogen-bond donors (Lipinski definition) is 1. The van der Waals surface area contributed by atoms with Crippen LogP contribution in [-0.4, -0.2) is 33.5 Å². The van der Waals surface area contributed by atoms with Crippen molar-refractivity contribution in [3.63, 3.8) is 0 Å². The number of ether oxygens (including phenoxy) is 2. The van der Waals surface area contributed by atoms with Gasteiger partial charge in [-0.05, 0) is 30.3 Å². The van der Waals surface area contributed by atoms with Crippen LogP contribution in [0.5, 0.6) is 0 Å². The molecular weight excluding hydrogens is 250 g/mol. The van der Waals surface area contributed by atoms with Gasteiger partial charge in [-0.2, -0.15) is 0 Å². The molecule has 0 bridgehead atoms. The van der Waals surface area contributed by atoms with Gasteiger partial charge in [0.2, 0.25) is 0 Å². The second-order valence-corrected chi connectivity index (χ2v) is 4.68. The summed E-state index contributed by atoms with van der Waals surface area (Å²) in [5, 5.41) is 5.88. The highest BCUT2D eigenvalue weighted by molar-refractivity contribution is 5.86. The molecule has 3 nitrogen and oxygen atoms in total. The maximum absolute atomic E-state index is 5.70. The molecule has 0 aliphatic heterocycles. The number of fused-ring (bicyclic) bond motifs is 1. The molecule has 3 heteroatoms. The molecule has 0 heterocycles. The van der Waals surface area contributed by atoms with Crippen LogP contribution in [-0.2, 0) is 9.47 Å². The van der Waals surface area contributed by atoms with E-state index in [1.165, 1.54) is 16.3 Å². The van der Waals surface area contributed by atoms with Crippen molar-refractivity contribution in [2.45, 2.75) is 13.0 Å². The summed E-state index contributed by atoms with van der Waals surface area (Å²) < 4.78 is 11.0. The molecule has 108 valence electrons. The van der Waals surface area contributed by atoms with Gasteiger partial charge in [0.05, 0.1) is 25.9 Å². The predicted molar refractivity (Wildman–Crippen MR) is 83.1 cm³/mol. The summed E-state index contributed by atoms with van der Waals surface area (Å²) in [6, 6.07) is 15.0. The average molecular weight is 273 g/mol. The first-order chi connectivity index (χ1) is 9.86. The summed E-state index contributed by atoms with van der Waals surface area (Å²) in [7, 11) is 1.97. The van der Waals surface area contributed by atoms with Gasteiger partial charge in [-0.3, -0.25) is 0 Å². The fourth-order valence-corrected chi connectivity index (χ4v) is 2.35. The van der Waals surface area contributed by atoms with E-state index >= 15 is 0 Å². The van der Waals surface area contributed by atoms with E-state index in [9.17, 15) is 0 Å². The molecule has 1 unspecified atom stereocenters. The molecule has 0 saturated carbocycles. The van der Waals surface area contributed by atoms with E-state index in [1.807, 2.05) is 14.0 Å². The fourth-order valence-electron chi connectivity index (χ4n) is 2.35. The molecule has 2 rings (SSSR count). The van der Waals surface area contributed by atoms with E-state index in [0.717, 1.165) is 6.61 Å². The minimum atomic E-state index is 0.197. The van der Waals surface area contributed by atoms with Crippen LogP contribution in [0, 0.1) is 0 Å². The normalized spacial score (nSPS) is 12.7. The Kier molecular flexibility index (Phi) is 5.99. The van der Waals surface area contributed by atoms with Gasteiger partial charge in [-0.15, -0.1) is 0 Å². The molecule has 2 aromatic rings. The third kappa shape index (κ3) is 3.79. The summed E-state index contributed by atoms with van der Waals surface area (Å²) in [5.74, 6) is 0. The summed E-state index contributed by atoms with van der Waals surface area (Å²) in [5.41, 5.74) is 1.28. The van der Waals surface area contributed by atoms with Gasteiger partial charge in [0.15, 0.2) is 0 Å². The smallest absolute Gasteiger partial charge is 0.0701 e. The predicted octanol–water partition coefficient (Wildman–Crippen LogP) is 3.15. The van der Waals surface area contributed by atoms with E-state index in [0.29, 0.717) is 19.8 Å². The first-order valence-electron chi connectivity index (χ1n) is 7.17. The highest BCUT2D eigenvalue weighted by Crippen LogP contribution is 2.24. The standard InChI is InChI=1S/C17H23NO2/c1-3-19-11-12-20-13-17(18-2)16-10-6-8-14-7-4-5-9-15(14)16/h4-10,17-18H,3,11-13H2,1-2H3. The molecule has 1 N–H and O–H groups in total. The van der Waals surface area contributed by atoms with Crippen LogP contribution < -0.4 is 5.32 Å². The molecule has 0 radical (unpaired) electrons. The highest BCUT2D eigenvalue weighted by Gasteiger charge is 2.12. The second-order valence-electron chi connectivity index (χ2n) is 4.68. The maximum atomic E-state index is 5.70. The Bertz CT molecular complexity index is 522. The topological polar surface area (TPSA) is 30.5 Å². The van der Waals surface area contributed by atoms with Gasteiger partial charge in [0.25, 0.3) is 0 Å². The number of hydrogen-bond acceptors (Lipinski definition) is 3. The minimum Gasteiger partial charge on any atom is -0.379 e. The van der Waals surface area contributed by atoms with E-state index in [2.05, 4.69) is 47.8 Å². The third-order valence-electron chi connectivity index (χ3n) is 3.41. The van der Waals surface area contributed by atoms with Gasteiger partial charge in [0.1, 0.15) is 0 Å². The molecule has 2 aromatic carbocycles. The zero-order valence-corrected chi connectivity index (χ0v) is 12.3. The highest BCUT2D eigenvalue weighted by atomic mass is 16.5. The third-order valence-corrected chi connectivity index (χ3v) is 3.41. The molecule has 0 aliphatic carbocycles.